The highest BCUT2D eigenvalue weighted by atomic mass is 35.5. The van der Waals surface area contributed by atoms with Crippen LogP contribution in [0.25, 0.3) is 10.8 Å². The van der Waals surface area contributed by atoms with Gasteiger partial charge in [0, 0.05) is 24.7 Å². The van der Waals surface area contributed by atoms with E-state index in [9.17, 15) is 18.0 Å². The molecule has 0 aromatic heterocycles. The Balaban J connectivity index is 1.26. The fraction of sp³-hybridized carbons (Fsp3) is 0.500. The molecule has 182 valence electrons. The number of carbonyl (C=O) groups is 2. The van der Waals surface area contributed by atoms with Crippen LogP contribution in [-0.2, 0) is 19.6 Å². The van der Waals surface area contributed by atoms with Crippen molar-refractivity contribution in [1.29, 1.82) is 0 Å². The van der Waals surface area contributed by atoms with Gasteiger partial charge in [0.2, 0.25) is 21.8 Å². The first-order chi connectivity index (χ1) is 16.2. The highest BCUT2D eigenvalue weighted by Gasteiger charge is 2.41. The molecule has 0 radical (unpaired) electrons. The Kier molecular flexibility index (Phi) is 6.31. The highest BCUT2D eigenvalue weighted by Crippen LogP contribution is 2.27. The van der Waals surface area contributed by atoms with Crippen LogP contribution in [0, 0.1) is 11.8 Å². The molecule has 2 bridgehead atoms. The zero-order valence-corrected chi connectivity index (χ0v) is 20.6. The molecule has 0 spiro atoms. The van der Waals surface area contributed by atoms with Crippen LogP contribution >= 0.6 is 11.6 Å². The summed E-state index contributed by atoms with van der Waals surface area (Å²) in [5, 5.41) is 5.57. The van der Waals surface area contributed by atoms with E-state index in [0.29, 0.717) is 42.9 Å². The molecule has 34 heavy (non-hydrogen) atoms. The van der Waals surface area contributed by atoms with Crippen LogP contribution in [-0.4, -0.2) is 74.8 Å². The summed E-state index contributed by atoms with van der Waals surface area (Å²) in [5.41, 5.74) is 0. The standard InChI is InChI=1S/C24H29ClN4O4S/c1-15(23(30)28-13-16-8-17(14-28)12-26-11-16)29-7-6-22(24(29)31)27-34(32,33)21-5-3-18-9-20(25)4-2-19(18)10-21/h2-5,9-10,15-17,22,26-27H,6-8,11-14H2,1H3/t15-,16-,17+,22-/m0/s1. The summed E-state index contributed by atoms with van der Waals surface area (Å²) in [4.78, 5) is 29.8. The van der Waals surface area contributed by atoms with Gasteiger partial charge in [-0.1, -0.05) is 23.7 Å². The van der Waals surface area contributed by atoms with Gasteiger partial charge in [-0.25, -0.2) is 8.42 Å². The Hall–Kier alpha value is -2.20. The number of fused-ring (bicyclic) bond motifs is 3. The van der Waals surface area contributed by atoms with Gasteiger partial charge >= 0.3 is 0 Å². The van der Waals surface area contributed by atoms with Crippen LogP contribution in [0.4, 0.5) is 0 Å². The van der Waals surface area contributed by atoms with Gasteiger partial charge in [-0.2, -0.15) is 4.72 Å². The predicted molar refractivity (Wildman–Crippen MR) is 130 cm³/mol. The molecule has 0 unspecified atom stereocenters. The molecule has 3 aliphatic heterocycles. The van der Waals surface area contributed by atoms with E-state index in [4.69, 9.17) is 11.6 Å². The summed E-state index contributed by atoms with van der Waals surface area (Å²) in [6.07, 6.45) is 1.47. The fourth-order valence-corrected chi connectivity index (χ4v) is 6.94. The smallest absolute Gasteiger partial charge is 0.245 e. The van der Waals surface area contributed by atoms with Gasteiger partial charge in [-0.15, -0.1) is 0 Å². The highest BCUT2D eigenvalue weighted by molar-refractivity contribution is 7.89. The van der Waals surface area contributed by atoms with E-state index in [1.807, 2.05) is 4.90 Å². The van der Waals surface area contributed by atoms with Gasteiger partial charge in [0.1, 0.15) is 12.1 Å². The van der Waals surface area contributed by atoms with Crippen molar-refractivity contribution in [2.75, 3.05) is 32.7 Å². The van der Waals surface area contributed by atoms with E-state index in [1.165, 1.54) is 11.0 Å². The third-order valence-corrected chi connectivity index (χ3v) is 8.95. The maximum atomic E-state index is 13.2. The second kappa shape index (κ2) is 9.11. The number of piperidine rings is 2. The van der Waals surface area contributed by atoms with Crippen molar-refractivity contribution in [2.45, 2.75) is 36.7 Å². The number of hydrogen-bond acceptors (Lipinski definition) is 5. The molecule has 3 aliphatic rings. The number of halogens is 1. The van der Waals surface area contributed by atoms with Crippen LogP contribution < -0.4 is 10.0 Å². The fourth-order valence-electron chi connectivity index (χ4n) is 5.50. The molecule has 3 fully saturated rings. The number of rotatable bonds is 5. The van der Waals surface area contributed by atoms with Crippen molar-refractivity contribution in [3.63, 3.8) is 0 Å². The molecular weight excluding hydrogens is 476 g/mol. The molecule has 0 aliphatic carbocycles. The van der Waals surface area contributed by atoms with E-state index in [0.717, 1.165) is 30.3 Å². The third-order valence-electron chi connectivity index (χ3n) is 7.25. The third kappa shape index (κ3) is 4.54. The number of likely N-dealkylation sites (tertiary alicyclic amines) is 2. The largest absolute Gasteiger partial charge is 0.340 e. The lowest BCUT2D eigenvalue weighted by Crippen LogP contribution is -2.57. The second-order valence-corrected chi connectivity index (χ2v) is 11.8. The molecule has 2 N–H and O–H groups in total. The second-order valence-electron chi connectivity index (χ2n) is 9.69. The zero-order valence-electron chi connectivity index (χ0n) is 19.0. The lowest BCUT2D eigenvalue weighted by atomic mass is 9.85. The van der Waals surface area contributed by atoms with Crippen LogP contribution in [0.15, 0.2) is 41.3 Å². The molecule has 10 heteroatoms. The zero-order chi connectivity index (χ0) is 24.0. The van der Waals surface area contributed by atoms with Gasteiger partial charge < -0.3 is 15.1 Å². The van der Waals surface area contributed by atoms with E-state index in [1.54, 1.807) is 37.3 Å². The summed E-state index contributed by atoms with van der Waals surface area (Å²) in [6, 6.07) is 8.51. The number of carbonyl (C=O) groups excluding carboxylic acids is 2. The number of benzene rings is 2. The van der Waals surface area contributed by atoms with Gasteiger partial charge in [0.25, 0.3) is 0 Å². The number of sulfonamides is 1. The van der Waals surface area contributed by atoms with Gasteiger partial charge in [0.15, 0.2) is 0 Å². The lowest BCUT2D eigenvalue weighted by Gasteiger charge is -2.43. The number of nitrogens with zero attached hydrogens (tertiary/aromatic N) is 2. The Bertz CT molecular complexity index is 1220. The van der Waals surface area contributed by atoms with Crippen molar-refractivity contribution < 1.29 is 18.0 Å². The first kappa shape index (κ1) is 23.5. The molecular formula is C24H29ClN4O4S. The van der Waals surface area contributed by atoms with E-state index in [-0.39, 0.29) is 16.7 Å². The van der Waals surface area contributed by atoms with Crippen LogP contribution in [0.5, 0.6) is 0 Å². The summed E-state index contributed by atoms with van der Waals surface area (Å²) in [7, 11) is -3.91. The van der Waals surface area contributed by atoms with Crippen molar-refractivity contribution in [3.05, 3.63) is 41.4 Å². The van der Waals surface area contributed by atoms with Gasteiger partial charge in [0.05, 0.1) is 4.90 Å². The predicted octanol–water partition coefficient (Wildman–Crippen LogP) is 1.83. The molecule has 5 rings (SSSR count). The van der Waals surface area contributed by atoms with E-state index in [2.05, 4.69) is 10.0 Å². The van der Waals surface area contributed by atoms with Crippen molar-refractivity contribution in [1.82, 2.24) is 19.8 Å². The van der Waals surface area contributed by atoms with Crippen molar-refractivity contribution in [2.24, 2.45) is 11.8 Å². The molecule has 3 heterocycles. The first-order valence-electron chi connectivity index (χ1n) is 11.7. The van der Waals surface area contributed by atoms with E-state index >= 15 is 0 Å². The van der Waals surface area contributed by atoms with Crippen LogP contribution in [0.3, 0.4) is 0 Å². The minimum atomic E-state index is -3.91. The lowest BCUT2D eigenvalue weighted by molar-refractivity contribution is -0.145. The Morgan fingerprint density at radius 1 is 1.12 bits per heavy atom. The van der Waals surface area contributed by atoms with Crippen LogP contribution in [0.2, 0.25) is 5.02 Å². The average Bonchev–Trinajstić information content (AvgIpc) is 3.16. The molecule has 2 aromatic carbocycles. The normalized spacial score (nSPS) is 26.2. The molecule has 4 atom stereocenters. The molecule has 8 nitrogen and oxygen atoms in total. The Morgan fingerprint density at radius 2 is 1.79 bits per heavy atom. The maximum Gasteiger partial charge on any atom is 0.245 e. The number of hydrogen-bond donors (Lipinski definition) is 2. The molecule has 3 saturated heterocycles. The van der Waals surface area contributed by atoms with Crippen molar-refractivity contribution >= 4 is 44.2 Å². The molecule has 2 amide bonds. The quantitative estimate of drug-likeness (QED) is 0.647. The summed E-state index contributed by atoms with van der Waals surface area (Å²) in [5.74, 6) is 0.503. The maximum absolute atomic E-state index is 13.2. The summed E-state index contributed by atoms with van der Waals surface area (Å²) >= 11 is 6.01. The van der Waals surface area contributed by atoms with E-state index < -0.39 is 22.1 Å². The minimum Gasteiger partial charge on any atom is -0.340 e. The summed E-state index contributed by atoms with van der Waals surface area (Å²) < 4.78 is 28.6. The SMILES string of the molecule is C[C@@H](C(=O)N1C[C@@H]2CNC[C@@H](C2)C1)N1CC[C@H](NS(=O)(=O)c2ccc3cc(Cl)ccc3c2)C1=O. The van der Waals surface area contributed by atoms with Gasteiger partial charge in [-0.3, -0.25) is 9.59 Å². The summed E-state index contributed by atoms with van der Waals surface area (Å²) in [6.45, 7) is 5.34. The Morgan fingerprint density at radius 3 is 2.53 bits per heavy atom. The van der Waals surface area contributed by atoms with Crippen LogP contribution in [0.1, 0.15) is 19.8 Å². The molecule has 0 saturated carbocycles. The monoisotopic (exact) mass is 504 g/mol. The van der Waals surface area contributed by atoms with Crippen molar-refractivity contribution in [3.8, 4) is 0 Å². The topological polar surface area (TPSA) is 98.8 Å². The van der Waals surface area contributed by atoms with Gasteiger partial charge in [-0.05, 0) is 79.7 Å². The molecule has 2 aromatic rings. The minimum absolute atomic E-state index is 0.0540. The first-order valence-corrected chi connectivity index (χ1v) is 13.6. The number of amides is 2. The Labute approximate surface area is 204 Å². The number of nitrogens with one attached hydrogen (secondary N) is 2. The average molecular weight is 505 g/mol.